The minimum absolute atomic E-state index is 0.114. The Labute approximate surface area is 302 Å². The third kappa shape index (κ3) is 14.6. The van der Waals surface area contributed by atoms with Crippen molar-refractivity contribution >= 4 is 29.7 Å². The highest BCUT2D eigenvalue weighted by Crippen LogP contribution is 2.27. The fourth-order valence-corrected chi connectivity index (χ4v) is 5.93. The van der Waals surface area contributed by atoms with Gasteiger partial charge in [0.25, 0.3) is 0 Å². The lowest BCUT2D eigenvalue weighted by atomic mass is 10.00. The Morgan fingerprint density at radius 2 is 1.33 bits per heavy atom. The Kier molecular flexibility index (Phi) is 14.4. The molecule has 2 aromatic rings. The van der Waals surface area contributed by atoms with E-state index in [1.165, 1.54) is 0 Å². The summed E-state index contributed by atoms with van der Waals surface area (Å²) >= 11 is 0. The van der Waals surface area contributed by atoms with Crippen molar-refractivity contribution in [2.75, 3.05) is 0 Å². The summed E-state index contributed by atoms with van der Waals surface area (Å²) in [5, 5.41) is 11.4. The van der Waals surface area contributed by atoms with Crippen molar-refractivity contribution in [1.29, 1.82) is 0 Å². The highest BCUT2D eigenvalue weighted by molar-refractivity contribution is 5.92. The van der Waals surface area contributed by atoms with Gasteiger partial charge >= 0.3 is 6.09 Å². The van der Waals surface area contributed by atoms with Gasteiger partial charge in [-0.1, -0.05) is 56.3 Å². The van der Waals surface area contributed by atoms with Crippen LogP contribution in [0.3, 0.4) is 0 Å². The van der Waals surface area contributed by atoms with Crippen molar-refractivity contribution in [3.05, 3.63) is 65.7 Å². The van der Waals surface area contributed by atoms with Gasteiger partial charge in [-0.15, -0.1) is 0 Å². The zero-order valence-electron chi connectivity index (χ0n) is 31.3. The summed E-state index contributed by atoms with van der Waals surface area (Å²) in [4.78, 5) is 65.5. The van der Waals surface area contributed by atoms with Crippen LogP contribution in [0.4, 0.5) is 4.79 Å². The molecule has 0 spiro atoms. The fraction of sp³-hybridized carbons (Fsp3) is 0.564. The van der Waals surface area contributed by atoms with Crippen LogP contribution in [0.2, 0.25) is 0 Å². The van der Waals surface area contributed by atoms with Crippen LogP contribution in [0.15, 0.2) is 54.6 Å². The van der Waals surface area contributed by atoms with Crippen molar-refractivity contribution in [2.24, 2.45) is 17.6 Å². The summed E-state index contributed by atoms with van der Waals surface area (Å²) in [6.45, 7) is 15.0. The molecule has 1 fully saturated rings. The number of amides is 5. The average molecular weight is 708 g/mol. The molecule has 0 saturated heterocycles. The third-order valence-electron chi connectivity index (χ3n) is 8.23. The first-order valence-electron chi connectivity index (χ1n) is 17.8. The predicted molar refractivity (Wildman–Crippen MR) is 196 cm³/mol. The zero-order valence-corrected chi connectivity index (χ0v) is 31.3. The first kappa shape index (κ1) is 40.8. The second-order valence-corrected chi connectivity index (χ2v) is 15.8. The van der Waals surface area contributed by atoms with E-state index in [9.17, 15) is 24.0 Å². The molecule has 2 aromatic carbocycles. The zero-order chi connectivity index (χ0) is 37.9. The van der Waals surface area contributed by atoms with Crippen LogP contribution in [0, 0.1) is 11.8 Å². The Hall–Kier alpha value is -4.61. The Morgan fingerprint density at radius 3 is 1.88 bits per heavy atom. The van der Waals surface area contributed by atoms with Crippen molar-refractivity contribution in [3.8, 4) is 5.75 Å². The van der Waals surface area contributed by atoms with Crippen LogP contribution in [0.1, 0.15) is 92.2 Å². The highest BCUT2D eigenvalue weighted by Gasteiger charge is 2.35. The summed E-state index contributed by atoms with van der Waals surface area (Å²) in [7, 11) is 0. The summed E-state index contributed by atoms with van der Waals surface area (Å²) < 4.78 is 11.4. The lowest BCUT2D eigenvalue weighted by Gasteiger charge is -2.25. The monoisotopic (exact) mass is 707 g/mol. The van der Waals surface area contributed by atoms with E-state index in [1.807, 2.05) is 89.2 Å². The van der Waals surface area contributed by atoms with Crippen LogP contribution in [0.5, 0.6) is 5.75 Å². The number of benzene rings is 2. The molecule has 6 N–H and O–H groups in total. The van der Waals surface area contributed by atoms with Crippen LogP contribution in [0.25, 0.3) is 0 Å². The second-order valence-electron chi connectivity index (χ2n) is 15.8. The fourth-order valence-electron chi connectivity index (χ4n) is 5.93. The van der Waals surface area contributed by atoms with Crippen LogP contribution >= 0.6 is 0 Å². The van der Waals surface area contributed by atoms with E-state index in [-0.39, 0.29) is 36.3 Å². The number of ether oxygens (including phenoxy) is 2. The van der Waals surface area contributed by atoms with E-state index in [0.717, 1.165) is 11.1 Å². The predicted octanol–water partition coefficient (Wildman–Crippen LogP) is 4.33. The number of hydrogen-bond donors (Lipinski definition) is 5. The first-order valence-corrected chi connectivity index (χ1v) is 17.8. The quantitative estimate of drug-likeness (QED) is 0.183. The molecule has 0 aliphatic heterocycles. The van der Waals surface area contributed by atoms with Crippen molar-refractivity contribution in [3.63, 3.8) is 0 Å². The Morgan fingerprint density at radius 1 is 0.745 bits per heavy atom. The number of primary amides is 1. The average Bonchev–Trinajstić information content (AvgIpc) is 3.48. The van der Waals surface area contributed by atoms with Gasteiger partial charge in [-0.2, -0.15) is 0 Å². The molecule has 5 unspecified atom stereocenters. The lowest BCUT2D eigenvalue weighted by molar-refractivity contribution is -0.132. The van der Waals surface area contributed by atoms with Gasteiger partial charge in [0.2, 0.25) is 23.6 Å². The molecule has 0 radical (unpaired) electrons. The second kappa shape index (κ2) is 18.1. The molecule has 5 atom stereocenters. The standard InChI is InChI=1S/C39H57N5O7/c1-24(2)20-30(33(40)45)42-36(48)31(21-25-12-10-9-11-13-25)43-34(46)27-16-17-28(23-27)41-35(47)32(44-37(49)51-39(6,7)8)22-26-14-18-29(19-15-26)50-38(3,4)5/h9-15,18-19,24,27-28,30-32H,16-17,20-23H2,1-8H3,(H2,40,45)(H,41,47)(H,42,48)(H,43,46)(H,44,49). The molecule has 280 valence electrons. The van der Waals surface area contributed by atoms with E-state index >= 15 is 0 Å². The molecule has 1 aliphatic carbocycles. The van der Waals surface area contributed by atoms with Crippen molar-refractivity contribution in [2.45, 2.75) is 129 Å². The molecule has 12 nitrogen and oxygen atoms in total. The maximum Gasteiger partial charge on any atom is 0.408 e. The van der Waals surface area contributed by atoms with Gasteiger partial charge in [0, 0.05) is 24.8 Å². The maximum atomic E-state index is 13.6. The van der Waals surface area contributed by atoms with Gasteiger partial charge in [-0.3, -0.25) is 19.2 Å². The van der Waals surface area contributed by atoms with E-state index in [0.29, 0.717) is 31.4 Å². The molecule has 0 heterocycles. The van der Waals surface area contributed by atoms with E-state index < -0.39 is 53.5 Å². The SMILES string of the molecule is CC(C)CC(NC(=O)C(Cc1ccccc1)NC(=O)C1CCC(NC(=O)C(Cc2ccc(OC(C)(C)C)cc2)NC(=O)OC(C)(C)C)C1)C(N)=O. The summed E-state index contributed by atoms with van der Waals surface area (Å²) in [5.41, 5.74) is 6.10. The topological polar surface area (TPSA) is 178 Å². The number of nitrogens with one attached hydrogen (secondary N) is 4. The van der Waals surface area contributed by atoms with Crippen LogP contribution < -0.4 is 31.7 Å². The number of alkyl carbamates (subject to hydrolysis) is 1. The lowest BCUT2D eigenvalue weighted by Crippen LogP contribution is -2.54. The van der Waals surface area contributed by atoms with E-state index in [4.69, 9.17) is 15.2 Å². The first-order chi connectivity index (χ1) is 23.8. The molecule has 12 heteroatoms. The minimum Gasteiger partial charge on any atom is -0.488 e. The van der Waals surface area contributed by atoms with E-state index in [2.05, 4.69) is 21.3 Å². The van der Waals surface area contributed by atoms with Gasteiger partial charge in [-0.25, -0.2) is 4.79 Å². The molecule has 1 saturated carbocycles. The number of nitrogens with two attached hydrogens (primary N) is 1. The van der Waals surface area contributed by atoms with Gasteiger partial charge in [-0.05, 0) is 96.4 Å². The minimum atomic E-state index is -0.940. The highest BCUT2D eigenvalue weighted by atomic mass is 16.6. The molecule has 0 aromatic heterocycles. The van der Waals surface area contributed by atoms with Gasteiger partial charge in [0.15, 0.2) is 0 Å². The summed E-state index contributed by atoms with van der Waals surface area (Å²) in [5.74, 6) is -1.50. The third-order valence-corrected chi connectivity index (χ3v) is 8.23. The molecular weight excluding hydrogens is 650 g/mol. The molecule has 5 amide bonds. The van der Waals surface area contributed by atoms with Crippen molar-refractivity contribution < 1.29 is 33.4 Å². The van der Waals surface area contributed by atoms with E-state index in [1.54, 1.807) is 20.8 Å². The normalized spacial score (nSPS) is 17.8. The van der Waals surface area contributed by atoms with Gasteiger partial charge < -0.3 is 36.5 Å². The largest absolute Gasteiger partial charge is 0.488 e. The van der Waals surface area contributed by atoms with Gasteiger partial charge in [0.05, 0.1) is 0 Å². The van der Waals surface area contributed by atoms with Gasteiger partial charge in [0.1, 0.15) is 35.1 Å². The number of hydrogen-bond acceptors (Lipinski definition) is 7. The Bertz CT molecular complexity index is 1480. The number of rotatable bonds is 15. The molecule has 3 rings (SSSR count). The summed E-state index contributed by atoms with van der Waals surface area (Å²) in [6.07, 6.45) is 1.47. The smallest absolute Gasteiger partial charge is 0.408 e. The number of carbonyl (C=O) groups excluding carboxylic acids is 5. The molecule has 51 heavy (non-hydrogen) atoms. The summed E-state index contributed by atoms with van der Waals surface area (Å²) in [6, 6.07) is 13.6. The molecule has 0 bridgehead atoms. The van der Waals surface area contributed by atoms with Crippen LogP contribution in [-0.2, 0) is 36.8 Å². The number of carbonyl (C=O) groups is 5. The maximum absolute atomic E-state index is 13.6. The molecular formula is C39H57N5O7. The van der Waals surface area contributed by atoms with Crippen molar-refractivity contribution in [1.82, 2.24) is 21.3 Å². The Balaban J connectivity index is 1.69. The molecule has 1 aliphatic rings. The van der Waals surface area contributed by atoms with Crippen LogP contribution in [-0.4, -0.2) is 65.1 Å².